The fourth-order valence-electron chi connectivity index (χ4n) is 1.75. The highest BCUT2D eigenvalue weighted by Crippen LogP contribution is 2.27. The molecule has 94 valence electrons. The van der Waals surface area contributed by atoms with Gasteiger partial charge in [-0.2, -0.15) is 5.26 Å². The van der Waals surface area contributed by atoms with Crippen molar-refractivity contribution in [3.8, 4) is 0 Å². The van der Waals surface area contributed by atoms with Crippen molar-refractivity contribution in [1.82, 2.24) is 4.73 Å². The lowest BCUT2D eigenvalue weighted by Gasteiger charge is -2.04. The van der Waals surface area contributed by atoms with Gasteiger partial charge in [-0.15, -0.1) is 4.73 Å². The zero-order valence-electron chi connectivity index (χ0n) is 10.5. The molecule has 0 aromatic carbocycles. The van der Waals surface area contributed by atoms with Crippen LogP contribution in [0.2, 0.25) is 0 Å². The predicted octanol–water partition coefficient (Wildman–Crippen LogP) is 3.91. The largest absolute Gasteiger partial charge is 0.242 e. The Morgan fingerprint density at radius 2 is 1.61 bits per heavy atom. The zero-order valence-corrected chi connectivity index (χ0v) is 10.5. The van der Waals surface area contributed by atoms with Crippen molar-refractivity contribution in [2.24, 2.45) is 0 Å². The van der Waals surface area contributed by atoms with Gasteiger partial charge in [0.15, 0.2) is 0 Å². The Labute approximate surface area is 107 Å². The van der Waals surface area contributed by atoms with Crippen LogP contribution in [-0.4, -0.2) is 9.99 Å². The van der Waals surface area contributed by atoms with Crippen molar-refractivity contribution in [3.05, 3.63) is 60.5 Å². The molecule has 1 rings (SSSR count). The van der Waals surface area contributed by atoms with Gasteiger partial charge in [0.1, 0.15) is 0 Å². The summed E-state index contributed by atoms with van der Waals surface area (Å²) in [7, 11) is 0. The first-order valence-electron chi connectivity index (χ1n) is 5.43. The molecule has 1 N–H and O–H groups in total. The van der Waals surface area contributed by atoms with Gasteiger partial charge in [0, 0.05) is 11.1 Å². The summed E-state index contributed by atoms with van der Waals surface area (Å²) < 4.78 is 1.27. The smallest absolute Gasteiger partial charge is 0.0921 e. The summed E-state index contributed by atoms with van der Waals surface area (Å²) in [6.45, 7) is 16.8. The van der Waals surface area contributed by atoms with Crippen molar-refractivity contribution < 1.29 is 10.2 Å². The lowest BCUT2D eigenvalue weighted by Crippen LogP contribution is -2.10. The lowest BCUT2D eigenvalue weighted by molar-refractivity contribution is -0.243. The van der Waals surface area contributed by atoms with E-state index in [4.69, 9.17) is 5.26 Å². The molecule has 3 heteroatoms. The average molecular weight is 243 g/mol. The number of hydrogen-bond donors (Lipinski definition) is 1. The molecule has 0 aliphatic rings. The monoisotopic (exact) mass is 243 g/mol. The third-order valence-electron chi connectivity index (χ3n) is 2.65. The predicted molar refractivity (Wildman–Crippen MR) is 77.8 cm³/mol. The first kappa shape index (κ1) is 13.8. The summed E-state index contributed by atoms with van der Waals surface area (Å²) in [6, 6.07) is 0. The molecule has 0 aliphatic heterocycles. The van der Waals surface area contributed by atoms with E-state index >= 15 is 0 Å². The zero-order chi connectivity index (χ0) is 13.7. The Kier molecular flexibility index (Phi) is 4.52. The molecule has 1 heterocycles. The number of aromatic nitrogens is 1. The van der Waals surface area contributed by atoms with Gasteiger partial charge < -0.3 is 0 Å². The Morgan fingerprint density at radius 1 is 1.06 bits per heavy atom. The molecule has 0 saturated carbocycles. The van der Waals surface area contributed by atoms with Crippen LogP contribution in [-0.2, 0) is 0 Å². The molecule has 0 bridgehead atoms. The summed E-state index contributed by atoms with van der Waals surface area (Å²) in [5, 5.41) is 9.04. The molecule has 18 heavy (non-hydrogen) atoms. The second-order valence-electron chi connectivity index (χ2n) is 3.68. The van der Waals surface area contributed by atoms with Crippen LogP contribution in [0.25, 0.3) is 24.3 Å². The van der Waals surface area contributed by atoms with Gasteiger partial charge in [-0.3, -0.25) is 0 Å². The maximum Gasteiger partial charge on any atom is 0.0921 e. The molecule has 0 radical (unpaired) electrons. The number of rotatable bonds is 6. The normalized spacial score (nSPS) is 10.9. The summed E-state index contributed by atoms with van der Waals surface area (Å²) >= 11 is 0. The molecule has 0 amide bonds. The fraction of sp³-hybridized carbons (Fsp3) is 0.0667. The molecule has 0 fully saturated rings. The fourth-order valence-corrected chi connectivity index (χ4v) is 1.75. The quantitative estimate of drug-likeness (QED) is 0.467. The van der Waals surface area contributed by atoms with Gasteiger partial charge in [0.05, 0.1) is 11.4 Å². The maximum absolute atomic E-state index is 9.04. The van der Waals surface area contributed by atoms with Crippen LogP contribution in [0.4, 0.5) is 0 Å². The molecule has 1 aromatic heterocycles. The van der Waals surface area contributed by atoms with E-state index in [-0.39, 0.29) is 0 Å². The Morgan fingerprint density at radius 3 is 2.00 bits per heavy atom. The second-order valence-corrected chi connectivity index (χ2v) is 3.68. The van der Waals surface area contributed by atoms with Gasteiger partial charge in [-0.25, -0.2) is 4.99 Å². The summed E-state index contributed by atoms with van der Waals surface area (Å²) in [5.74, 6) is 0. The van der Waals surface area contributed by atoms with Crippen molar-refractivity contribution in [1.29, 1.82) is 0 Å². The summed E-state index contributed by atoms with van der Waals surface area (Å²) in [5.41, 5.74) is 3.83. The molecule has 0 saturated heterocycles. The van der Waals surface area contributed by atoms with E-state index in [1.54, 1.807) is 24.3 Å². The van der Waals surface area contributed by atoms with Crippen LogP contribution < -0.4 is 4.99 Å². The van der Waals surface area contributed by atoms with Crippen LogP contribution in [0.3, 0.4) is 0 Å². The van der Waals surface area contributed by atoms with E-state index in [2.05, 4.69) is 31.3 Å². The minimum absolute atomic E-state index is 0.616. The van der Waals surface area contributed by atoms with Crippen LogP contribution in [0, 0.1) is 0 Å². The minimum atomic E-state index is 0.616. The molecule has 3 nitrogen and oxygen atoms in total. The lowest BCUT2D eigenvalue weighted by atomic mass is 10.1. The van der Waals surface area contributed by atoms with E-state index in [1.807, 2.05) is 13.0 Å². The van der Waals surface area contributed by atoms with Crippen molar-refractivity contribution in [2.75, 3.05) is 0 Å². The van der Waals surface area contributed by atoms with Gasteiger partial charge in [0.25, 0.3) is 0 Å². The number of nitrogens with zero attached hydrogens (tertiary/aromatic N) is 1. The van der Waals surface area contributed by atoms with Crippen molar-refractivity contribution in [3.63, 3.8) is 0 Å². The second kappa shape index (κ2) is 5.89. The first-order valence-corrected chi connectivity index (χ1v) is 5.43. The average Bonchev–Trinajstić information content (AvgIpc) is 2.69. The SMILES string of the molecule is C=C/C(C)=C\c1c(C=C)c(C=C)c(C=C)n1OO. The molecule has 0 spiro atoms. The molecular formula is C15H17NO2. The maximum atomic E-state index is 9.04. The van der Waals surface area contributed by atoms with Gasteiger partial charge in [-0.1, -0.05) is 44.5 Å². The number of allylic oxidation sites excluding steroid dienone is 2. The topological polar surface area (TPSA) is 34.4 Å². The third-order valence-corrected chi connectivity index (χ3v) is 2.65. The van der Waals surface area contributed by atoms with Crippen LogP contribution >= 0.6 is 0 Å². The molecule has 0 aliphatic carbocycles. The van der Waals surface area contributed by atoms with Crippen LogP contribution in [0.15, 0.2) is 38.0 Å². The van der Waals surface area contributed by atoms with Crippen molar-refractivity contribution in [2.45, 2.75) is 6.92 Å². The third kappa shape index (κ3) is 2.21. The van der Waals surface area contributed by atoms with E-state index in [0.29, 0.717) is 11.4 Å². The molecular weight excluding hydrogens is 226 g/mol. The molecule has 1 aromatic rings. The van der Waals surface area contributed by atoms with E-state index in [1.165, 1.54) is 4.73 Å². The highest BCUT2D eigenvalue weighted by Gasteiger charge is 2.17. The number of hydrogen-bond acceptors (Lipinski definition) is 2. The minimum Gasteiger partial charge on any atom is -0.242 e. The highest BCUT2D eigenvalue weighted by atomic mass is 17.2. The molecule has 0 atom stereocenters. The van der Waals surface area contributed by atoms with E-state index < -0.39 is 0 Å². The summed E-state index contributed by atoms with van der Waals surface area (Å²) in [6.07, 6.45) is 8.48. The Hall–Kier alpha value is -2.26. The highest BCUT2D eigenvalue weighted by molar-refractivity contribution is 5.78. The Bertz CT molecular complexity index is 533. The van der Waals surface area contributed by atoms with Gasteiger partial charge in [0.2, 0.25) is 0 Å². The standard InChI is InChI=1S/C15H17NO2/c1-6-11(5)10-15-13(8-3)12(7-2)14(9-4)16(15)18-17/h6-10,17H,1-4H2,5H3/b11-10-. The summed E-state index contributed by atoms with van der Waals surface area (Å²) in [4.78, 5) is 4.41. The van der Waals surface area contributed by atoms with Crippen LogP contribution in [0.1, 0.15) is 29.4 Å². The first-order chi connectivity index (χ1) is 8.64. The Balaban J connectivity index is 3.71. The van der Waals surface area contributed by atoms with Crippen molar-refractivity contribution >= 4 is 24.3 Å². The van der Waals surface area contributed by atoms with Gasteiger partial charge in [-0.05, 0) is 24.6 Å². The van der Waals surface area contributed by atoms with Crippen LogP contribution in [0.5, 0.6) is 0 Å². The van der Waals surface area contributed by atoms with E-state index in [0.717, 1.165) is 16.7 Å². The molecule has 0 unspecified atom stereocenters. The van der Waals surface area contributed by atoms with Gasteiger partial charge >= 0.3 is 0 Å². The van der Waals surface area contributed by atoms with E-state index in [9.17, 15) is 0 Å².